The predicted molar refractivity (Wildman–Crippen MR) is 97.8 cm³/mol. The molecule has 6 nitrogen and oxygen atoms in total. The Labute approximate surface area is 149 Å². The van der Waals surface area contributed by atoms with Crippen LogP contribution in [0.25, 0.3) is 0 Å². The first-order valence-electron chi connectivity index (χ1n) is 8.28. The van der Waals surface area contributed by atoms with Crippen LogP contribution in [0.4, 0.5) is 11.4 Å². The summed E-state index contributed by atoms with van der Waals surface area (Å²) < 4.78 is 0. The monoisotopic (exact) mass is 352 g/mol. The maximum absolute atomic E-state index is 12.3. The molecule has 2 fully saturated rings. The minimum Gasteiger partial charge on any atom is -0.325 e. The molecule has 2 heterocycles. The van der Waals surface area contributed by atoms with Gasteiger partial charge in [-0.1, -0.05) is 6.07 Å². The number of hydrogen-bond donors (Lipinski definition) is 2. The Morgan fingerprint density at radius 1 is 1.38 bits per heavy atom. The topological polar surface area (TPSA) is 64.7 Å². The quantitative estimate of drug-likeness (QED) is 0.861. The molecule has 1 aromatic rings. The molecule has 0 spiro atoms. The minimum atomic E-state index is -0.0105. The molecule has 7 heteroatoms. The normalized spacial score (nSPS) is 21.5. The van der Waals surface area contributed by atoms with Crippen LogP contribution in [0.1, 0.15) is 19.8 Å². The van der Waals surface area contributed by atoms with Crippen molar-refractivity contribution in [2.24, 2.45) is 0 Å². The molecule has 2 N–H and O–H groups in total. The van der Waals surface area contributed by atoms with Gasteiger partial charge in [-0.15, -0.1) is 12.4 Å². The smallest absolute Gasteiger partial charge is 0.238 e. The van der Waals surface area contributed by atoms with Crippen molar-refractivity contribution in [3.63, 3.8) is 0 Å². The van der Waals surface area contributed by atoms with Gasteiger partial charge >= 0.3 is 0 Å². The van der Waals surface area contributed by atoms with Crippen molar-refractivity contribution in [2.45, 2.75) is 25.8 Å². The Hall–Kier alpha value is -1.63. The van der Waals surface area contributed by atoms with E-state index >= 15 is 0 Å². The predicted octanol–water partition coefficient (Wildman–Crippen LogP) is 1.47. The van der Waals surface area contributed by atoms with Crippen LogP contribution >= 0.6 is 12.4 Å². The summed E-state index contributed by atoms with van der Waals surface area (Å²) in [5, 5.41) is 6.27. The SMILES string of the molecule is C[C@H]1CNCCN1CC(=O)Nc1cccc(N2CCCC2=O)c1.Cl. The number of nitrogens with zero attached hydrogens (tertiary/aromatic N) is 2. The molecule has 0 radical (unpaired) electrons. The van der Waals surface area contributed by atoms with Crippen molar-refractivity contribution in [2.75, 3.05) is 42.9 Å². The Morgan fingerprint density at radius 3 is 2.92 bits per heavy atom. The number of nitrogens with one attached hydrogen (secondary N) is 2. The Balaban J connectivity index is 0.00000208. The average molecular weight is 353 g/mol. The van der Waals surface area contributed by atoms with Crippen molar-refractivity contribution in [1.29, 1.82) is 0 Å². The number of carbonyl (C=O) groups is 2. The van der Waals surface area contributed by atoms with Crippen LogP contribution in [0.3, 0.4) is 0 Å². The van der Waals surface area contributed by atoms with Crippen LogP contribution in [0, 0.1) is 0 Å². The van der Waals surface area contributed by atoms with Gasteiger partial charge in [-0.25, -0.2) is 0 Å². The summed E-state index contributed by atoms with van der Waals surface area (Å²) in [7, 11) is 0. The molecule has 3 rings (SSSR count). The third kappa shape index (κ3) is 4.47. The van der Waals surface area contributed by atoms with Gasteiger partial charge in [0, 0.05) is 50.0 Å². The van der Waals surface area contributed by atoms with Crippen LogP contribution in [0.2, 0.25) is 0 Å². The molecule has 0 unspecified atom stereocenters. The highest BCUT2D eigenvalue weighted by Gasteiger charge is 2.22. The van der Waals surface area contributed by atoms with Crippen LogP contribution in [0.5, 0.6) is 0 Å². The molecule has 0 aromatic heterocycles. The second kappa shape index (κ2) is 8.46. The maximum atomic E-state index is 12.3. The summed E-state index contributed by atoms with van der Waals surface area (Å²) in [6.07, 6.45) is 1.51. The maximum Gasteiger partial charge on any atom is 0.238 e. The molecule has 1 aromatic carbocycles. The molecule has 2 aliphatic heterocycles. The van der Waals surface area contributed by atoms with E-state index in [9.17, 15) is 9.59 Å². The van der Waals surface area contributed by atoms with Gasteiger partial charge in [-0.05, 0) is 31.5 Å². The number of piperazine rings is 1. The van der Waals surface area contributed by atoms with Crippen molar-refractivity contribution in [3.05, 3.63) is 24.3 Å². The Bertz CT molecular complexity index is 596. The van der Waals surface area contributed by atoms with E-state index in [1.165, 1.54) is 0 Å². The van der Waals surface area contributed by atoms with Crippen LogP contribution in [-0.2, 0) is 9.59 Å². The van der Waals surface area contributed by atoms with Gasteiger partial charge in [0.1, 0.15) is 0 Å². The van der Waals surface area contributed by atoms with E-state index in [0.717, 1.165) is 44.0 Å². The van der Waals surface area contributed by atoms with Crippen molar-refractivity contribution in [1.82, 2.24) is 10.2 Å². The van der Waals surface area contributed by atoms with Crippen molar-refractivity contribution < 1.29 is 9.59 Å². The number of halogens is 1. The molecule has 2 aliphatic rings. The summed E-state index contributed by atoms with van der Waals surface area (Å²) in [5.74, 6) is 0.145. The van der Waals surface area contributed by atoms with Gasteiger partial charge in [0.25, 0.3) is 0 Å². The number of carbonyl (C=O) groups excluding carboxylic acids is 2. The van der Waals surface area contributed by atoms with E-state index in [2.05, 4.69) is 22.5 Å². The lowest BCUT2D eigenvalue weighted by molar-refractivity contribution is -0.118. The average Bonchev–Trinajstić information content (AvgIpc) is 2.96. The largest absolute Gasteiger partial charge is 0.325 e. The number of benzene rings is 1. The molecule has 1 atom stereocenters. The second-order valence-corrected chi connectivity index (χ2v) is 6.27. The third-order valence-electron chi connectivity index (χ3n) is 4.50. The summed E-state index contributed by atoms with van der Waals surface area (Å²) in [5.41, 5.74) is 1.61. The lowest BCUT2D eigenvalue weighted by Gasteiger charge is -2.33. The van der Waals surface area contributed by atoms with Crippen LogP contribution in [0.15, 0.2) is 24.3 Å². The van der Waals surface area contributed by atoms with E-state index in [0.29, 0.717) is 19.0 Å². The van der Waals surface area contributed by atoms with Gasteiger partial charge in [0.05, 0.1) is 6.54 Å². The van der Waals surface area contributed by atoms with E-state index in [-0.39, 0.29) is 24.2 Å². The molecule has 2 amide bonds. The molecular formula is C17H25ClN4O2. The van der Waals surface area contributed by atoms with Gasteiger partial charge < -0.3 is 15.5 Å². The highest BCUT2D eigenvalue weighted by atomic mass is 35.5. The lowest BCUT2D eigenvalue weighted by Crippen LogP contribution is -2.51. The minimum absolute atomic E-state index is 0. The van der Waals surface area contributed by atoms with Crippen molar-refractivity contribution >= 4 is 35.6 Å². The summed E-state index contributed by atoms with van der Waals surface area (Å²) >= 11 is 0. The van der Waals surface area contributed by atoms with Crippen molar-refractivity contribution in [3.8, 4) is 0 Å². The van der Waals surface area contributed by atoms with E-state index < -0.39 is 0 Å². The molecule has 24 heavy (non-hydrogen) atoms. The standard InChI is InChI=1S/C17H24N4O2.ClH/c1-13-11-18-7-9-20(13)12-16(22)19-14-4-2-5-15(10-14)21-8-3-6-17(21)23;/h2,4-5,10,13,18H,3,6-9,11-12H2,1H3,(H,19,22);1H/t13-;/m0./s1. The summed E-state index contributed by atoms with van der Waals surface area (Å²) in [6.45, 7) is 6.00. The first kappa shape index (κ1) is 18.7. The van der Waals surface area contributed by atoms with Gasteiger partial charge in [0.2, 0.25) is 11.8 Å². The highest BCUT2D eigenvalue weighted by Crippen LogP contribution is 2.24. The summed E-state index contributed by atoms with van der Waals surface area (Å²) in [6, 6.07) is 7.90. The lowest BCUT2D eigenvalue weighted by atomic mass is 10.2. The third-order valence-corrected chi connectivity index (χ3v) is 4.50. The fourth-order valence-corrected chi connectivity index (χ4v) is 3.18. The second-order valence-electron chi connectivity index (χ2n) is 6.27. The fourth-order valence-electron chi connectivity index (χ4n) is 3.18. The zero-order valence-corrected chi connectivity index (χ0v) is 14.8. The molecule has 0 bridgehead atoms. The Morgan fingerprint density at radius 2 is 2.21 bits per heavy atom. The molecular weight excluding hydrogens is 328 g/mol. The van der Waals surface area contributed by atoms with E-state index in [4.69, 9.17) is 0 Å². The zero-order chi connectivity index (χ0) is 16.2. The number of hydrogen-bond acceptors (Lipinski definition) is 4. The number of rotatable bonds is 4. The number of amides is 2. The highest BCUT2D eigenvalue weighted by molar-refractivity contribution is 5.97. The molecule has 132 valence electrons. The van der Waals surface area contributed by atoms with Gasteiger partial charge in [-0.3, -0.25) is 14.5 Å². The Kier molecular flexibility index (Phi) is 6.60. The molecule has 2 saturated heterocycles. The van der Waals surface area contributed by atoms with Gasteiger partial charge in [-0.2, -0.15) is 0 Å². The van der Waals surface area contributed by atoms with E-state index in [1.807, 2.05) is 24.3 Å². The summed E-state index contributed by atoms with van der Waals surface area (Å²) in [4.78, 5) is 28.1. The first-order chi connectivity index (χ1) is 11.1. The molecule has 0 saturated carbocycles. The molecule has 0 aliphatic carbocycles. The fraction of sp³-hybridized carbons (Fsp3) is 0.529. The van der Waals surface area contributed by atoms with Crippen LogP contribution in [-0.4, -0.2) is 55.5 Å². The van der Waals surface area contributed by atoms with E-state index in [1.54, 1.807) is 4.90 Å². The number of anilines is 2. The van der Waals surface area contributed by atoms with Gasteiger partial charge in [0.15, 0.2) is 0 Å². The van der Waals surface area contributed by atoms with Crippen LogP contribution < -0.4 is 15.5 Å². The zero-order valence-electron chi connectivity index (χ0n) is 14.0. The first-order valence-corrected chi connectivity index (χ1v) is 8.28.